The molecule has 1 heterocycles. The first kappa shape index (κ1) is 15.5. The van der Waals surface area contributed by atoms with Crippen molar-refractivity contribution in [3.63, 3.8) is 0 Å². The molecular weight excluding hydrogens is 341 g/mol. The van der Waals surface area contributed by atoms with Gasteiger partial charge in [-0.2, -0.15) is 0 Å². The Labute approximate surface area is 148 Å². The zero-order valence-corrected chi connectivity index (χ0v) is 15.7. The van der Waals surface area contributed by atoms with Crippen LogP contribution in [0.5, 0.6) is 0 Å². The van der Waals surface area contributed by atoms with Crippen LogP contribution in [0.1, 0.15) is 24.5 Å². The number of rotatable bonds is 5. The van der Waals surface area contributed by atoms with Crippen LogP contribution < -0.4 is 4.35 Å². The van der Waals surface area contributed by atoms with Gasteiger partial charge in [-0.05, 0) is 0 Å². The number of aryl methyl sites for hydroxylation is 1. The quantitative estimate of drug-likeness (QED) is 0.737. The number of piperidine rings is 1. The molecule has 0 bridgehead atoms. The van der Waals surface area contributed by atoms with Gasteiger partial charge in [-0.25, -0.2) is 0 Å². The second kappa shape index (κ2) is 6.11. The third kappa shape index (κ3) is 2.90. The summed E-state index contributed by atoms with van der Waals surface area (Å²) in [5, 5.41) is 0. The summed E-state index contributed by atoms with van der Waals surface area (Å²) in [5.74, 6) is 1.74. The standard InChI is InChI=1S/C21H24AsN/c1-21(17-10-5-11-18(22)13-17)19-14-23(15-20(19)21)12-6-9-16-7-3-2-4-8-16/h2-5,7-8,10-11,13,19-20H,6,9,12,14-15H2,1H3. The van der Waals surface area contributed by atoms with Crippen LogP contribution >= 0.6 is 0 Å². The molecular formula is C21H24AsN. The van der Waals surface area contributed by atoms with Crippen LogP contribution in [0, 0.1) is 11.8 Å². The normalized spacial score (nSPS) is 29.5. The molecule has 2 fully saturated rings. The molecule has 2 heteroatoms. The van der Waals surface area contributed by atoms with Gasteiger partial charge in [0.15, 0.2) is 0 Å². The summed E-state index contributed by atoms with van der Waals surface area (Å²) >= 11 is 2.68. The van der Waals surface area contributed by atoms with Crippen LogP contribution in [-0.4, -0.2) is 41.4 Å². The third-order valence-electron chi connectivity index (χ3n) is 6.08. The fourth-order valence-electron chi connectivity index (χ4n) is 4.57. The van der Waals surface area contributed by atoms with Gasteiger partial charge in [-0.3, -0.25) is 0 Å². The first-order valence-corrected chi connectivity index (χ1v) is 9.67. The Morgan fingerprint density at radius 2 is 1.78 bits per heavy atom. The molecule has 1 aliphatic heterocycles. The SMILES string of the molecule is CC1(c2cccc([As])c2)C2CN(CCCc3ccccc3)CC21. The number of nitrogens with zero attached hydrogens (tertiary/aromatic N) is 1. The van der Waals surface area contributed by atoms with E-state index in [2.05, 4.69) is 83.3 Å². The van der Waals surface area contributed by atoms with E-state index in [9.17, 15) is 0 Å². The van der Waals surface area contributed by atoms with Crippen LogP contribution in [0.2, 0.25) is 0 Å². The molecule has 1 saturated heterocycles. The molecule has 2 aromatic carbocycles. The van der Waals surface area contributed by atoms with Crippen LogP contribution in [0.3, 0.4) is 0 Å². The maximum atomic E-state index is 2.69. The van der Waals surface area contributed by atoms with Crippen molar-refractivity contribution in [3.8, 4) is 0 Å². The van der Waals surface area contributed by atoms with Crippen molar-refractivity contribution in [2.45, 2.75) is 25.2 Å². The van der Waals surface area contributed by atoms with Gasteiger partial charge in [0.05, 0.1) is 0 Å². The Hall–Kier alpha value is -1.04. The minimum atomic E-state index is 0.436. The zero-order valence-electron chi connectivity index (χ0n) is 13.8. The zero-order chi connectivity index (χ0) is 15.9. The number of hydrogen-bond donors (Lipinski definition) is 0. The Balaban J connectivity index is 1.30. The average Bonchev–Trinajstić information content (AvgIpc) is 2.93. The molecule has 118 valence electrons. The number of likely N-dealkylation sites (tertiary alicyclic amines) is 1. The molecule has 0 N–H and O–H groups in total. The van der Waals surface area contributed by atoms with Gasteiger partial charge in [0, 0.05) is 0 Å². The van der Waals surface area contributed by atoms with Crippen molar-refractivity contribution in [1.29, 1.82) is 0 Å². The van der Waals surface area contributed by atoms with E-state index in [1.807, 2.05) is 0 Å². The van der Waals surface area contributed by atoms with Crippen LogP contribution in [0.25, 0.3) is 0 Å². The second-order valence-electron chi connectivity index (χ2n) is 7.39. The van der Waals surface area contributed by atoms with Crippen LogP contribution in [0.4, 0.5) is 0 Å². The Morgan fingerprint density at radius 3 is 2.48 bits per heavy atom. The minimum absolute atomic E-state index is 0.436. The molecule has 2 aromatic rings. The predicted octanol–water partition coefficient (Wildman–Crippen LogP) is 2.93. The van der Waals surface area contributed by atoms with E-state index in [0.717, 1.165) is 11.8 Å². The maximum absolute atomic E-state index is 2.69. The Bertz CT molecular complexity index is 669. The van der Waals surface area contributed by atoms with E-state index >= 15 is 0 Å². The molecule has 1 aliphatic carbocycles. The molecule has 0 amide bonds. The summed E-state index contributed by atoms with van der Waals surface area (Å²) in [6.07, 6.45) is 2.49. The monoisotopic (exact) mass is 365 g/mol. The fourth-order valence-corrected chi connectivity index (χ4v) is 5.04. The van der Waals surface area contributed by atoms with E-state index in [4.69, 9.17) is 0 Å². The predicted molar refractivity (Wildman–Crippen MR) is 97.4 cm³/mol. The van der Waals surface area contributed by atoms with Gasteiger partial charge < -0.3 is 0 Å². The molecule has 2 atom stereocenters. The molecule has 1 saturated carbocycles. The molecule has 1 nitrogen and oxygen atoms in total. The topological polar surface area (TPSA) is 3.24 Å². The number of fused-ring (bicyclic) bond motifs is 1. The summed E-state index contributed by atoms with van der Waals surface area (Å²) in [4.78, 5) is 2.69. The van der Waals surface area contributed by atoms with Crippen molar-refractivity contribution in [2.24, 2.45) is 11.8 Å². The van der Waals surface area contributed by atoms with Gasteiger partial charge in [-0.1, -0.05) is 18.2 Å². The van der Waals surface area contributed by atoms with Crippen molar-refractivity contribution in [1.82, 2.24) is 4.90 Å². The number of benzene rings is 2. The van der Waals surface area contributed by atoms with E-state index in [-0.39, 0.29) is 0 Å². The first-order chi connectivity index (χ1) is 11.2. The van der Waals surface area contributed by atoms with Crippen molar-refractivity contribution >= 4 is 21.2 Å². The second-order valence-corrected chi connectivity index (χ2v) is 8.48. The van der Waals surface area contributed by atoms with Crippen molar-refractivity contribution in [2.75, 3.05) is 19.6 Å². The summed E-state index contributed by atoms with van der Waals surface area (Å²) < 4.78 is 1.33. The Morgan fingerprint density at radius 1 is 1.04 bits per heavy atom. The third-order valence-corrected chi connectivity index (χ3v) is 6.66. The van der Waals surface area contributed by atoms with Gasteiger partial charge in [0.25, 0.3) is 0 Å². The summed E-state index contributed by atoms with van der Waals surface area (Å²) in [5.41, 5.74) is 3.46. The molecule has 2 radical (unpaired) electrons. The van der Waals surface area contributed by atoms with Gasteiger partial charge in [0.1, 0.15) is 0 Å². The first-order valence-electron chi connectivity index (χ1n) is 8.74. The fraction of sp³-hybridized carbons (Fsp3) is 0.429. The molecule has 2 aliphatic rings. The summed E-state index contributed by atoms with van der Waals surface area (Å²) in [6.45, 7) is 6.31. The molecule has 2 unspecified atom stereocenters. The number of hydrogen-bond acceptors (Lipinski definition) is 1. The average molecular weight is 365 g/mol. The van der Waals surface area contributed by atoms with E-state index in [1.54, 1.807) is 5.56 Å². The summed E-state index contributed by atoms with van der Waals surface area (Å²) in [6, 6.07) is 20.0. The van der Waals surface area contributed by atoms with E-state index in [0.29, 0.717) is 5.41 Å². The van der Waals surface area contributed by atoms with Crippen molar-refractivity contribution < 1.29 is 0 Å². The van der Waals surface area contributed by atoms with Gasteiger partial charge in [0.2, 0.25) is 0 Å². The van der Waals surface area contributed by atoms with E-state index in [1.165, 1.54) is 42.4 Å². The van der Waals surface area contributed by atoms with Gasteiger partial charge in [-0.15, -0.1) is 0 Å². The van der Waals surface area contributed by atoms with Gasteiger partial charge >= 0.3 is 130 Å². The molecule has 4 rings (SSSR count). The Kier molecular flexibility index (Phi) is 4.11. The van der Waals surface area contributed by atoms with E-state index < -0.39 is 0 Å². The van der Waals surface area contributed by atoms with Crippen LogP contribution in [0.15, 0.2) is 54.6 Å². The molecule has 0 aromatic heterocycles. The summed E-state index contributed by atoms with van der Waals surface area (Å²) in [7, 11) is 0. The molecule has 0 spiro atoms. The van der Waals surface area contributed by atoms with Crippen LogP contribution in [-0.2, 0) is 11.8 Å². The van der Waals surface area contributed by atoms with Crippen molar-refractivity contribution in [3.05, 3.63) is 65.7 Å². The molecule has 23 heavy (non-hydrogen) atoms.